The summed E-state index contributed by atoms with van der Waals surface area (Å²) in [4.78, 5) is 14.2. The van der Waals surface area contributed by atoms with Crippen molar-refractivity contribution in [2.75, 3.05) is 26.0 Å². The molecule has 3 rings (SSSR count). The number of methoxy groups -OCH3 is 1. The van der Waals surface area contributed by atoms with E-state index in [9.17, 15) is 4.79 Å². The van der Waals surface area contributed by atoms with Crippen molar-refractivity contribution in [2.24, 2.45) is 0 Å². The van der Waals surface area contributed by atoms with Gasteiger partial charge in [0.1, 0.15) is 6.61 Å². The Kier molecular flexibility index (Phi) is 7.63. The first-order valence-corrected chi connectivity index (χ1v) is 9.89. The van der Waals surface area contributed by atoms with Crippen molar-refractivity contribution in [1.29, 1.82) is 5.26 Å². The van der Waals surface area contributed by atoms with Crippen LogP contribution in [0.15, 0.2) is 72.8 Å². The Bertz CT molecular complexity index is 1040. The van der Waals surface area contributed by atoms with E-state index in [-0.39, 0.29) is 12.5 Å². The number of carbonyl (C=O) groups excluding carboxylic acids is 1. The van der Waals surface area contributed by atoms with E-state index in [1.54, 1.807) is 31.4 Å². The van der Waals surface area contributed by atoms with Crippen LogP contribution < -0.4 is 14.8 Å². The molecular formula is C25H25N3O3. The molecule has 3 aromatic rings. The van der Waals surface area contributed by atoms with E-state index >= 15 is 0 Å². The predicted octanol–water partition coefficient (Wildman–Crippen LogP) is 4.22. The molecule has 1 N–H and O–H groups in total. The second kappa shape index (κ2) is 10.8. The van der Waals surface area contributed by atoms with Crippen LogP contribution >= 0.6 is 0 Å². The van der Waals surface area contributed by atoms with Gasteiger partial charge in [-0.25, -0.2) is 0 Å². The normalized spacial score (nSPS) is 10.4. The van der Waals surface area contributed by atoms with E-state index in [2.05, 4.69) is 11.4 Å². The number of hydrogen-bond acceptors (Lipinski definition) is 5. The standard InChI is InChI=1S/C25H25N3O3/c1-28(17-25(29)27-22-11-8-19(15-26)9-12-22)16-21-10-13-23(24(14-21)30-2)31-18-20-6-4-3-5-7-20/h3-14H,16-18H2,1-2H3,(H,27,29). The smallest absolute Gasteiger partial charge is 0.238 e. The van der Waals surface area contributed by atoms with E-state index in [0.29, 0.717) is 35.9 Å². The first-order valence-electron chi connectivity index (χ1n) is 9.89. The van der Waals surface area contributed by atoms with Crippen LogP contribution in [0.5, 0.6) is 11.5 Å². The number of nitrogens with zero attached hydrogens (tertiary/aromatic N) is 2. The molecule has 0 spiro atoms. The summed E-state index contributed by atoms with van der Waals surface area (Å²) in [6, 6.07) is 24.6. The fourth-order valence-corrected chi connectivity index (χ4v) is 3.11. The zero-order valence-corrected chi connectivity index (χ0v) is 17.7. The van der Waals surface area contributed by atoms with Gasteiger partial charge in [0, 0.05) is 12.2 Å². The number of anilines is 1. The van der Waals surface area contributed by atoms with Crippen LogP contribution in [0.25, 0.3) is 0 Å². The molecule has 0 saturated carbocycles. The maximum atomic E-state index is 12.3. The van der Waals surface area contributed by atoms with Crippen molar-refractivity contribution in [2.45, 2.75) is 13.2 Å². The zero-order valence-electron chi connectivity index (χ0n) is 17.7. The van der Waals surface area contributed by atoms with Gasteiger partial charge < -0.3 is 14.8 Å². The monoisotopic (exact) mass is 415 g/mol. The minimum atomic E-state index is -0.123. The third-order valence-electron chi connectivity index (χ3n) is 4.63. The largest absolute Gasteiger partial charge is 0.493 e. The van der Waals surface area contributed by atoms with Gasteiger partial charge in [-0.05, 0) is 54.6 Å². The van der Waals surface area contributed by atoms with Gasteiger partial charge in [0.2, 0.25) is 5.91 Å². The van der Waals surface area contributed by atoms with E-state index in [4.69, 9.17) is 14.7 Å². The highest BCUT2D eigenvalue weighted by Gasteiger charge is 2.11. The van der Waals surface area contributed by atoms with E-state index < -0.39 is 0 Å². The average Bonchev–Trinajstić information content (AvgIpc) is 2.79. The summed E-state index contributed by atoms with van der Waals surface area (Å²) in [5, 5.41) is 11.7. The fraction of sp³-hybridized carbons (Fsp3) is 0.200. The summed E-state index contributed by atoms with van der Waals surface area (Å²) >= 11 is 0. The number of ether oxygens (including phenoxy) is 2. The lowest BCUT2D eigenvalue weighted by Crippen LogP contribution is -2.29. The minimum absolute atomic E-state index is 0.123. The van der Waals surface area contributed by atoms with E-state index in [1.165, 1.54) is 0 Å². The van der Waals surface area contributed by atoms with E-state index in [1.807, 2.05) is 60.5 Å². The third-order valence-corrected chi connectivity index (χ3v) is 4.63. The molecule has 1 amide bonds. The molecule has 0 bridgehead atoms. The molecule has 0 aliphatic carbocycles. The van der Waals surface area contributed by atoms with Crippen molar-refractivity contribution in [3.8, 4) is 17.6 Å². The van der Waals surface area contributed by atoms with Crippen LogP contribution in [0.2, 0.25) is 0 Å². The lowest BCUT2D eigenvalue weighted by Gasteiger charge is -2.18. The Balaban J connectivity index is 1.54. The summed E-state index contributed by atoms with van der Waals surface area (Å²) in [5.41, 5.74) is 3.32. The zero-order chi connectivity index (χ0) is 22.1. The SMILES string of the molecule is COc1cc(CN(C)CC(=O)Nc2ccc(C#N)cc2)ccc1OCc1ccccc1. The van der Waals surface area contributed by atoms with Gasteiger partial charge in [-0.2, -0.15) is 5.26 Å². The summed E-state index contributed by atoms with van der Waals surface area (Å²) < 4.78 is 11.4. The number of likely N-dealkylation sites (N-methyl/N-ethyl adjacent to an activating group) is 1. The predicted molar refractivity (Wildman–Crippen MR) is 120 cm³/mol. The van der Waals surface area contributed by atoms with Crippen molar-refractivity contribution >= 4 is 11.6 Å². The topological polar surface area (TPSA) is 74.6 Å². The first kappa shape index (κ1) is 21.9. The molecule has 0 unspecified atom stereocenters. The van der Waals surface area contributed by atoms with Gasteiger partial charge in [0.05, 0.1) is 25.3 Å². The molecule has 0 aliphatic rings. The molecule has 0 aromatic heterocycles. The van der Waals surface area contributed by atoms with Crippen LogP contribution in [0.4, 0.5) is 5.69 Å². The molecule has 3 aromatic carbocycles. The molecule has 158 valence electrons. The molecule has 0 aliphatic heterocycles. The van der Waals surface area contributed by atoms with Gasteiger partial charge in [0.15, 0.2) is 11.5 Å². The van der Waals surface area contributed by atoms with Crippen LogP contribution in [0.3, 0.4) is 0 Å². The van der Waals surface area contributed by atoms with Crippen LogP contribution in [0, 0.1) is 11.3 Å². The second-order valence-electron chi connectivity index (χ2n) is 7.17. The molecule has 0 saturated heterocycles. The molecule has 0 radical (unpaired) electrons. The van der Waals surface area contributed by atoms with Crippen molar-refractivity contribution in [3.05, 3.63) is 89.5 Å². The lowest BCUT2D eigenvalue weighted by molar-refractivity contribution is -0.117. The molecule has 0 fully saturated rings. The molecular weight excluding hydrogens is 390 g/mol. The number of benzene rings is 3. The molecule has 31 heavy (non-hydrogen) atoms. The molecule has 0 atom stereocenters. The number of nitriles is 1. The van der Waals surface area contributed by atoms with Crippen molar-refractivity contribution in [3.63, 3.8) is 0 Å². The van der Waals surface area contributed by atoms with Gasteiger partial charge >= 0.3 is 0 Å². The molecule has 6 heteroatoms. The van der Waals surface area contributed by atoms with Crippen molar-refractivity contribution in [1.82, 2.24) is 4.90 Å². The summed E-state index contributed by atoms with van der Waals surface area (Å²) in [6.07, 6.45) is 0. The first-order chi connectivity index (χ1) is 15.1. The van der Waals surface area contributed by atoms with Gasteiger partial charge in [-0.15, -0.1) is 0 Å². The van der Waals surface area contributed by atoms with Crippen LogP contribution in [0.1, 0.15) is 16.7 Å². The Hall–Kier alpha value is -3.82. The molecule has 6 nitrogen and oxygen atoms in total. The molecule has 0 heterocycles. The Labute approximate surface area is 182 Å². The van der Waals surface area contributed by atoms with Crippen LogP contribution in [-0.2, 0) is 17.9 Å². The Morgan fingerprint density at radius 2 is 1.74 bits per heavy atom. The quantitative estimate of drug-likeness (QED) is 0.566. The Morgan fingerprint density at radius 3 is 2.42 bits per heavy atom. The van der Waals surface area contributed by atoms with Gasteiger partial charge in [0.25, 0.3) is 0 Å². The van der Waals surface area contributed by atoms with Gasteiger partial charge in [-0.3, -0.25) is 9.69 Å². The maximum Gasteiger partial charge on any atom is 0.238 e. The maximum absolute atomic E-state index is 12.3. The van der Waals surface area contributed by atoms with Crippen molar-refractivity contribution < 1.29 is 14.3 Å². The van der Waals surface area contributed by atoms with Crippen LogP contribution in [-0.4, -0.2) is 31.5 Å². The summed E-state index contributed by atoms with van der Waals surface area (Å²) in [6.45, 7) is 1.27. The number of carbonyl (C=O) groups is 1. The lowest BCUT2D eigenvalue weighted by atomic mass is 10.2. The van der Waals surface area contributed by atoms with Gasteiger partial charge in [-0.1, -0.05) is 36.4 Å². The summed E-state index contributed by atoms with van der Waals surface area (Å²) in [5.74, 6) is 1.21. The number of hydrogen-bond donors (Lipinski definition) is 1. The third kappa shape index (κ3) is 6.59. The highest BCUT2D eigenvalue weighted by atomic mass is 16.5. The van der Waals surface area contributed by atoms with E-state index in [0.717, 1.165) is 11.1 Å². The summed E-state index contributed by atoms with van der Waals surface area (Å²) in [7, 11) is 3.49. The minimum Gasteiger partial charge on any atom is -0.493 e. The number of nitrogens with one attached hydrogen (secondary N) is 1. The Morgan fingerprint density at radius 1 is 1.00 bits per heavy atom. The average molecular weight is 415 g/mol. The number of rotatable bonds is 9. The highest BCUT2D eigenvalue weighted by molar-refractivity contribution is 5.92. The highest BCUT2D eigenvalue weighted by Crippen LogP contribution is 2.29. The number of amides is 1. The second-order valence-corrected chi connectivity index (χ2v) is 7.17. The fourth-order valence-electron chi connectivity index (χ4n) is 3.11.